The molecule has 0 unspecified atom stereocenters. The van der Waals surface area contributed by atoms with Crippen molar-refractivity contribution in [2.75, 3.05) is 0 Å². The van der Waals surface area contributed by atoms with Gasteiger partial charge in [-0.2, -0.15) is 0 Å². The molecular weight excluding hydrogens is 331 g/mol. The third-order valence-electron chi connectivity index (χ3n) is 3.42. The highest BCUT2D eigenvalue weighted by molar-refractivity contribution is 9.10. The van der Waals surface area contributed by atoms with E-state index in [0.717, 1.165) is 10.0 Å². The smallest absolute Gasteiger partial charge is 0.167 e. The summed E-state index contributed by atoms with van der Waals surface area (Å²) in [6.07, 6.45) is 0.301. The van der Waals surface area contributed by atoms with Crippen LogP contribution in [0.2, 0.25) is 0 Å². The summed E-state index contributed by atoms with van der Waals surface area (Å²) in [6.45, 7) is 0. The second-order valence-corrected chi connectivity index (χ2v) is 5.79. The summed E-state index contributed by atoms with van der Waals surface area (Å²) in [7, 11) is 0. The van der Waals surface area contributed by atoms with Gasteiger partial charge in [0.25, 0.3) is 0 Å². The molecule has 0 atom stereocenters. The predicted octanol–water partition coefficient (Wildman–Crippen LogP) is 5.17. The van der Waals surface area contributed by atoms with E-state index >= 15 is 0 Å². The SMILES string of the molecule is O=C(Cc1cccc(Br)c1)c1ccc(F)c2ccccc12. The largest absolute Gasteiger partial charge is 0.294 e. The Hall–Kier alpha value is -2.00. The van der Waals surface area contributed by atoms with Crippen LogP contribution in [0.4, 0.5) is 4.39 Å². The zero-order valence-electron chi connectivity index (χ0n) is 11.1. The van der Waals surface area contributed by atoms with Gasteiger partial charge < -0.3 is 0 Å². The fourth-order valence-electron chi connectivity index (χ4n) is 2.43. The predicted molar refractivity (Wildman–Crippen MR) is 86.1 cm³/mol. The maximum atomic E-state index is 13.8. The number of Topliss-reactive ketones (excluding diaryl/α,β-unsaturated/α-hetero) is 1. The molecule has 0 aliphatic carbocycles. The van der Waals surface area contributed by atoms with Crippen LogP contribution in [0, 0.1) is 5.82 Å². The van der Waals surface area contributed by atoms with Crippen molar-refractivity contribution < 1.29 is 9.18 Å². The molecule has 0 aliphatic rings. The Balaban J connectivity index is 2.01. The van der Waals surface area contributed by atoms with E-state index in [1.807, 2.05) is 30.3 Å². The molecule has 0 saturated carbocycles. The van der Waals surface area contributed by atoms with E-state index in [2.05, 4.69) is 15.9 Å². The molecule has 3 aromatic carbocycles. The Labute approximate surface area is 130 Å². The van der Waals surface area contributed by atoms with Gasteiger partial charge >= 0.3 is 0 Å². The van der Waals surface area contributed by atoms with Gasteiger partial charge in [0, 0.05) is 21.8 Å². The lowest BCUT2D eigenvalue weighted by atomic mass is 9.97. The first-order chi connectivity index (χ1) is 10.1. The van der Waals surface area contributed by atoms with Crippen LogP contribution in [-0.4, -0.2) is 5.78 Å². The van der Waals surface area contributed by atoms with Crippen LogP contribution in [0.1, 0.15) is 15.9 Å². The molecule has 104 valence electrons. The Morgan fingerprint density at radius 3 is 2.48 bits per heavy atom. The lowest BCUT2D eigenvalue weighted by Gasteiger charge is -2.07. The fraction of sp³-hybridized carbons (Fsp3) is 0.0556. The molecule has 3 rings (SSSR count). The zero-order chi connectivity index (χ0) is 14.8. The highest BCUT2D eigenvalue weighted by Crippen LogP contribution is 2.23. The van der Waals surface area contributed by atoms with Gasteiger partial charge in [-0.25, -0.2) is 4.39 Å². The molecule has 0 N–H and O–H groups in total. The van der Waals surface area contributed by atoms with E-state index in [1.165, 1.54) is 6.07 Å². The van der Waals surface area contributed by atoms with Gasteiger partial charge in [0.1, 0.15) is 5.82 Å². The lowest BCUT2D eigenvalue weighted by Crippen LogP contribution is -2.04. The van der Waals surface area contributed by atoms with Crippen molar-refractivity contribution in [3.05, 3.63) is 82.1 Å². The molecule has 0 bridgehead atoms. The number of ketones is 1. The van der Waals surface area contributed by atoms with Crippen LogP contribution in [0.5, 0.6) is 0 Å². The molecule has 0 amide bonds. The van der Waals surface area contributed by atoms with Crippen LogP contribution >= 0.6 is 15.9 Å². The standard InChI is InChI=1S/C18H12BrFO/c19-13-5-3-4-12(10-13)11-18(21)16-8-9-17(20)15-7-2-1-6-14(15)16/h1-10H,11H2. The summed E-state index contributed by atoms with van der Waals surface area (Å²) < 4.78 is 14.7. The average Bonchev–Trinajstić information content (AvgIpc) is 2.48. The van der Waals surface area contributed by atoms with Crippen molar-refractivity contribution in [3.63, 3.8) is 0 Å². The minimum absolute atomic E-state index is 0.00991. The van der Waals surface area contributed by atoms with E-state index in [-0.39, 0.29) is 11.6 Å². The van der Waals surface area contributed by atoms with Crippen molar-refractivity contribution in [2.45, 2.75) is 6.42 Å². The van der Waals surface area contributed by atoms with Gasteiger partial charge in [-0.3, -0.25) is 4.79 Å². The molecule has 0 saturated heterocycles. The van der Waals surface area contributed by atoms with Gasteiger partial charge in [0.2, 0.25) is 0 Å². The quantitative estimate of drug-likeness (QED) is 0.600. The number of benzene rings is 3. The Kier molecular flexibility index (Phi) is 3.84. The van der Waals surface area contributed by atoms with Gasteiger partial charge in [-0.15, -0.1) is 0 Å². The Bertz CT molecular complexity index is 826. The molecule has 3 aromatic rings. The number of carbonyl (C=O) groups is 1. The third kappa shape index (κ3) is 2.88. The Morgan fingerprint density at radius 2 is 1.71 bits per heavy atom. The average molecular weight is 343 g/mol. The number of hydrogen-bond donors (Lipinski definition) is 0. The van der Waals surface area contributed by atoms with Crippen LogP contribution in [0.25, 0.3) is 10.8 Å². The summed E-state index contributed by atoms with van der Waals surface area (Å²) in [4.78, 5) is 12.5. The zero-order valence-corrected chi connectivity index (χ0v) is 12.7. The summed E-state index contributed by atoms with van der Waals surface area (Å²) in [5, 5.41) is 1.15. The third-order valence-corrected chi connectivity index (χ3v) is 3.92. The molecule has 0 heterocycles. The van der Waals surface area contributed by atoms with Crippen LogP contribution < -0.4 is 0 Å². The molecule has 0 fully saturated rings. The van der Waals surface area contributed by atoms with Gasteiger partial charge in [0.15, 0.2) is 5.78 Å². The van der Waals surface area contributed by atoms with Crippen molar-refractivity contribution in [2.24, 2.45) is 0 Å². The topological polar surface area (TPSA) is 17.1 Å². The van der Waals surface area contributed by atoms with E-state index in [9.17, 15) is 9.18 Å². The van der Waals surface area contributed by atoms with Crippen molar-refractivity contribution in [1.29, 1.82) is 0 Å². The summed E-state index contributed by atoms with van der Waals surface area (Å²) in [5.74, 6) is -0.311. The van der Waals surface area contributed by atoms with Crippen molar-refractivity contribution in [3.8, 4) is 0 Å². The molecular formula is C18H12BrFO. The lowest BCUT2D eigenvalue weighted by molar-refractivity contribution is 0.0994. The van der Waals surface area contributed by atoms with E-state index in [0.29, 0.717) is 22.8 Å². The second kappa shape index (κ2) is 5.78. The number of carbonyl (C=O) groups excluding carboxylic acids is 1. The first kappa shape index (κ1) is 14.0. The van der Waals surface area contributed by atoms with E-state index in [1.54, 1.807) is 24.3 Å². The normalized spacial score (nSPS) is 10.8. The first-order valence-electron chi connectivity index (χ1n) is 6.60. The van der Waals surface area contributed by atoms with E-state index in [4.69, 9.17) is 0 Å². The summed E-state index contributed by atoms with van der Waals surface area (Å²) >= 11 is 3.40. The number of halogens is 2. The monoisotopic (exact) mass is 342 g/mol. The maximum Gasteiger partial charge on any atom is 0.167 e. The minimum atomic E-state index is -0.301. The van der Waals surface area contributed by atoms with E-state index < -0.39 is 0 Å². The van der Waals surface area contributed by atoms with Gasteiger partial charge in [-0.05, 0) is 35.2 Å². The molecule has 3 heteroatoms. The molecule has 0 radical (unpaired) electrons. The number of hydrogen-bond acceptors (Lipinski definition) is 1. The fourth-order valence-corrected chi connectivity index (χ4v) is 2.88. The Morgan fingerprint density at radius 1 is 0.952 bits per heavy atom. The van der Waals surface area contributed by atoms with Crippen LogP contribution in [-0.2, 0) is 6.42 Å². The molecule has 0 aliphatic heterocycles. The van der Waals surface area contributed by atoms with Crippen LogP contribution in [0.3, 0.4) is 0 Å². The molecule has 21 heavy (non-hydrogen) atoms. The molecule has 0 aromatic heterocycles. The van der Waals surface area contributed by atoms with Crippen molar-refractivity contribution in [1.82, 2.24) is 0 Å². The summed E-state index contributed by atoms with van der Waals surface area (Å²) in [6, 6.07) is 17.6. The maximum absolute atomic E-state index is 13.8. The van der Waals surface area contributed by atoms with Crippen molar-refractivity contribution >= 4 is 32.5 Å². The highest BCUT2D eigenvalue weighted by atomic mass is 79.9. The first-order valence-corrected chi connectivity index (χ1v) is 7.39. The van der Waals surface area contributed by atoms with Gasteiger partial charge in [-0.1, -0.05) is 52.3 Å². The highest BCUT2D eigenvalue weighted by Gasteiger charge is 2.13. The minimum Gasteiger partial charge on any atom is -0.294 e. The second-order valence-electron chi connectivity index (χ2n) is 4.87. The van der Waals surface area contributed by atoms with Crippen LogP contribution in [0.15, 0.2) is 65.1 Å². The summed E-state index contributed by atoms with van der Waals surface area (Å²) in [5.41, 5.74) is 1.50. The number of fused-ring (bicyclic) bond motifs is 1. The number of rotatable bonds is 3. The molecule has 1 nitrogen and oxygen atoms in total. The van der Waals surface area contributed by atoms with Gasteiger partial charge in [0.05, 0.1) is 0 Å². The molecule has 0 spiro atoms.